The molecule has 0 saturated carbocycles. The van der Waals surface area contributed by atoms with E-state index in [1.165, 1.54) is 19.3 Å². The van der Waals surface area contributed by atoms with Crippen LogP contribution in [-0.2, 0) is 9.53 Å². The molecule has 1 amide bonds. The number of carbonyl (C=O) groups excluding carboxylic acids is 1. The first-order chi connectivity index (χ1) is 10.7. The molecule has 0 heterocycles. The van der Waals surface area contributed by atoms with E-state index in [4.69, 9.17) is 9.47 Å². The van der Waals surface area contributed by atoms with Crippen LogP contribution in [0.3, 0.4) is 0 Å². The predicted octanol–water partition coefficient (Wildman–Crippen LogP) is 4.32. The summed E-state index contributed by atoms with van der Waals surface area (Å²) in [6, 6.07) is 5.80. The Balaban J connectivity index is 2.47. The topological polar surface area (TPSA) is 47.6 Å². The third kappa shape index (κ3) is 7.46. The number of rotatable bonds is 11. The monoisotopic (exact) mass is 307 g/mol. The van der Waals surface area contributed by atoms with Crippen LogP contribution in [0.25, 0.3) is 0 Å². The van der Waals surface area contributed by atoms with Gasteiger partial charge in [0.1, 0.15) is 12.4 Å². The molecule has 0 atom stereocenters. The fourth-order valence-corrected chi connectivity index (χ4v) is 2.19. The molecule has 0 aliphatic rings. The molecule has 0 aliphatic carbocycles. The number of anilines is 1. The van der Waals surface area contributed by atoms with Gasteiger partial charge in [0.2, 0.25) is 5.91 Å². The number of aryl methyl sites for hydroxylation is 1. The molecule has 0 bridgehead atoms. The maximum Gasteiger partial charge on any atom is 0.224 e. The van der Waals surface area contributed by atoms with E-state index >= 15 is 0 Å². The molecule has 1 N–H and O–H groups in total. The minimum Gasteiger partial charge on any atom is -0.489 e. The van der Waals surface area contributed by atoms with Crippen molar-refractivity contribution >= 4 is 11.6 Å². The second-order valence-electron chi connectivity index (χ2n) is 5.55. The Kier molecular flexibility index (Phi) is 9.31. The predicted molar refractivity (Wildman–Crippen MR) is 90.6 cm³/mol. The molecule has 0 radical (unpaired) electrons. The fourth-order valence-electron chi connectivity index (χ4n) is 2.19. The van der Waals surface area contributed by atoms with Crippen LogP contribution in [0.4, 0.5) is 5.69 Å². The summed E-state index contributed by atoms with van der Waals surface area (Å²) in [6.45, 7) is 5.19. The number of ether oxygens (including phenoxy) is 2. The summed E-state index contributed by atoms with van der Waals surface area (Å²) < 4.78 is 10.7. The van der Waals surface area contributed by atoms with E-state index in [1.807, 2.05) is 25.1 Å². The van der Waals surface area contributed by atoms with Crippen molar-refractivity contribution in [3.8, 4) is 5.75 Å². The first-order valence-corrected chi connectivity index (χ1v) is 8.19. The van der Waals surface area contributed by atoms with E-state index in [0.29, 0.717) is 25.4 Å². The smallest absolute Gasteiger partial charge is 0.224 e. The molecular formula is C18H29NO3. The first kappa shape index (κ1) is 18.5. The Morgan fingerprint density at radius 1 is 1.14 bits per heavy atom. The third-order valence-corrected chi connectivity index (χ3v) is 3.46. The van der Waals surface area contributed by atoms with Crippen molar-refractivity contribution in [2.24, 2.45) is 0 Å². The number of methoxy groups -OCH3 is 1. The molecule has 0 unspecified atom stereocenters. The van der Waals surface area contributed by atoms with Crippen LogP contribution in [0, 0.1) is 6.92 Å². The fraction of sp³-hybridized carbons (Fsp3) is 0.611. The number of benzene rings is 1. The molecular weight excluding hydrogens is 278 g/mol. The van der Waals surface area contributed by atoms with Crippen molar-refractivity contribution in [1.29, 1.82) is 0 Å². The second kappa shape index (κ2) is 11.1. The van der Waals surface area contributed by atoms with Gasteiger partial charge < -0.3 is 14.8 Å². The zero-order valence-corrected chi connectivity index (χ0v) is 14.1. The lowest BCUT2D eigenvalue weighted by Gasteiger charge is -2.13. The molecule has 22 heavy (non-hydrogen) atoms. The zero-order chi connectivity index (χ0) is 16.2. The van der Waals surface area contributed by atoms with E-state index in [9.17, 15) is 4.79 Å². The molecule has 4 heteroatoms. The van der Waals surface area contributed by atoms with Crippen molar-refractivity contribution < 1.29 is 14.3 Å². The van der Waals surface area contributed by atoms with Crippen molar-refractivity contribution in [2.45, 2.75) is 52.4 Å². The second-order valence-corrected chi connectivity index (χ2v) is 5.55. The van der Waals surface area contributed by atoms with Crippen LogP contribution in [-0.4, -0.2) is 26.2 Å². The van der Waals surface area contributed by atoms with Gasteiger partial charge in [-0.3, -0.25) is 4.79 Å². The normalized spacial score (nSPS) is 10.5. The van der Waals surface area contributed by atoms with Gasteiger partial charge in [0.25, 0.3) is 0 Å². The maximum atomic E-state index is 12.0. The van der Waals surface area contributed by atoms with Crippen molar-refractivity contribution in [2.75, 3.05) is 25.6 Å². The number of hydrogen-bond donors (Lipinski definition) is 1. The van der Waals surface area contributed by atoms with Crippen LogP contribution in [0.5, 0.6) is 5.75 Å². The number of carbonyl (C=O) groups is 1. The van der Waals surface area contributed by atoms with Crippen LogP contribution >= 0.6 is 0 Å². The Bertz CT molecular complexity index is 446. The van der Waals surface area contributed by atoms with E-state index < -0.39 is 0 Å². The molecule has 0 fully saturated rings. The lowest BCUT2D eigenvalue weighted by molar-refractivity contribution is -0.116. The number of unbranched alkanes of at least 4 members (excludes halogenated alkanes) is 4. The van der Waals surface area contributed by atoms with Gasteiger partial charge in [-0.15, -0.1) is 0 Å². The molecule has 4 nitrogen and oxygen atoms in total. The van der Waals surface area contributed by atoms with Gasteiger partial charge >= 0.3 is 0 Å². The Morgan fingerprint density at radius 2 is 1.91 bits per heavy atom. The zero-order valence-electron chi connectivity index (χ0n) is 14.1. The molecule has 124 valence electrons. The standard InChI is InChI=1S/C18H29NO3/c1-4-5-6-7-8-9-18(20)19-16-11-10-15(2)14-17(16)22-13-12-21-3/h10-11,14H,4-9,12-13H2,1-3H3,(H,19,20). The van der Waals surface area contributed by atoms with Gasteiger partial charge in [0, 0.05) is 13.5 Å². The lowest BCUT2D eigenvalue weighted by atomic mass is 10.1. The number of nitrogens with one attached hydrogen (secondary N) is 1. The first-order valence-electron chi connectivity index (χ1n) is 8.19. The summed E-state index contributed by atoms with van der Waals surface area (Å²) in [5, 5.41) is 2.95. The highest BCUT2D eigenvalue weighted by atomic mass is 16.5. The highest BCUT2D eigenvalue weighted by Gasteiger charge is 2.08. The highest BCUT2D eigenvalue weighted by Crippen LogP contribution is 2.26. The molecule has 1 aromatic rings. The SMILES string of the molecule is CCCCCCCC(=O)Nc1ccc(C)cc1OCCOC. The summed E-state index contributed by atoms with van der Waals surface area (Å²) in [4.78, 5) is 12.0. The van der Waals surface area contributed by atoms with E-state index in [1.54, 1.807) is 7.11 Å². The van der Waals surface area contributed by atoms with Crippen molar-refractivity contribution in [1.82, 2.24) is 0 Å². The minimum absolute atomic E-state index is 0.0527. The van der Waals surface area contributed by atoms with Crippen molar-refractivity contribution in [3.63, 3.8) is 0 Å². The molecule has 0 saturated heterocycles. The molecule has 1 rings (SSSR count). The lowest BCUT2D eigenvalue weighted by Crippen LogP contribution is -2.13. The number of hydrogen-bond acceptors (Lipinski definition) is 3. The molecule has 0 aliphatic heterocycles. The van der Waals surface area contributed by atoms with Gasteiger partial charge in [-0.2, -0.15) is 0 Å². The maximum absolute atomic E-state index is 12.0. The molecule has 1 aromatic carbocycles. The van der Waals surface area contributed by atoms with Gasteiger partial charge in [-0.05, 0) is 31.0 Å². The van der Waals surface area contributed by atoms with Gasteiger partial charge in [-0.1, -0.05) is 38.7 Å². The van der Waals surface area contributed by atoms with Crippen LogP contribution in [0.2, 0.25) is 0 Å². The average molecular weight is 307 g/mol. The van der Waals surface area contributed by atoms with Gasteiger partial charge in [0.15, 0.2) is 0 Å². The van der Waals surface area contributed by atoms with Crippen LogP contribution < -0.4 is 10.1 Å². The average Bonchev–Trinajstić information content (AvgIpc) is 2.50. The third-order valence-electron chi connectivity index (χ3n) is 3.46. The Hall–Kier alpha value is -1.55. The van der Waals surface area contributed by atoms with Crippen LogP contribution in [0.15, 0.2) is 18.2 Å². The summed E-state index contributed by atoms with van der Waals surface area (Å²) in [6.07, 6.45) is 6.30. The minimum atomic E-state index is 0.0527. The van der Waals surface area contributed by atoms with Crippen molar-refractivity contribution in [3.05, 3.63) is 23.8 Å². The van der Waals surface area contributed by atoms with Crippen LogP contribution in [0.1, 0.15) is 51.0 Å². The van der Waals surface area contributed by atoms with E-state index in [2.05, 4.69) is 12.2 Å². The van der Waals surface area contributed by atoms with Gasteiger partial charge in [-0.25, -0.2) is 0 Å². The Labute approximate surface area is 134 Å². The molecule has 0 aromatic heterocycles. The summed E-state index contributed by atoms with van der Waals surface area (Å²) >= 11 is 0. The summed E-state index contributed by atoms with van der Waals surface area (Å²) in [5.74, 6) is 0.758. The highest BCUT2D eigenvalue weighted by molar-refractivity contribution is 5.92. The molecule has 0 spiro atoms. The van der Waals surface area contributed by atoms with E-state index in [-0.39, 0.29) is 5.91 Å². The number of amides is 1. The van der Waals surface area contributed by atoms with Gasteiger partial charge in [0.05, 0.1) is 12.3 Å². The summed E-state index contributed by atoms with van der Waals surface area (Å²) in [5.41, 5.74) is 1.84. The largest absolute Gasteiger partial charge is 0.489 e. The quantitative estimate of drug-likeness (QED) is 0.619. The Morgan fingerprint density at radius 3 is 2.64 bits per heavy atom. The van der Waals surface area contributed by atoms with E-state index in [0.717, 1.165) is 24.1 Å². The summed E-state index contributed by atoms with van der Waals surface area (Å²) in [7, 11) is 1.64.